The van der Waals surface area contributed by atoms with E-state index in [4.69, 9.17) is 11.6 Å². The Kier molecular flexibility index (Phi) is 3.29. The van der Waals surface area contributed by atoms with Crippen molar-refractivity contribution in [3.8, 4) is 0 Å². The molecule has 2 rings (SSSR count). The van der Waals surface area contributed by atoms with Crippen LogP contribution in [-0.2, 0) is 0 Å². The Hall–Kier alpha value is -0.990. The minimum absolute atomic E-state index is 0.296. The van der Waals surface area contributed by atoms with Crippen molar-refractivity contribution in [3.05, 3.63) is 51.7 Å². The summed E-state index contributed by atoms with van der Waals surface area (Å²) in [5.41, 5.74) is 0.986. The highest BCUT2D eigenvalue weighted by Gasteiger charge is 2.07. The van der Waals surface area contributed by atoms with Crippen LogP contribution in [0.15, 0.2) is 41.8 Å². The highest BCUT2D eigenvalue weighted by molar-refractivity contribution is 7.10. The second kappa shape index (κ2) is 4.69. The monoisotopic (exact) mass is 237 g/mol. The third-order valence-corrected chi connectivity index (χ3v) is 3.60. The van der Waals surface area contributed by atoms with E-state index in [1.165, 1.54) is 4.88 Å². The topological polar surface area (TPSA) is 12.0 Å². The van der Waals surface area contributed by atoms with Crippen molar-refractivity contribution in [2.24, 2.45) is 0 Å². The van der Waals surface area contributed by atoms with Gasteiger partial charge in [-0.15, -0.1) is 11.3 Å². The Morgan fingerprint density at radius 1 is 1.20 bits per heavy atom. The first kappa shape index (κ1) is 10.5. The minimum Gasteiger partial charge on any atom is -0.377 e. The average molecular weight is 238 g/mol. The maximum Gasteiger partial charge on any atom is 0.0637 e. The Morgan fingerprint density at radius 2 is 2.00 bits per heavy atom. The van der Waals surface area contributed by atoms with Gasteiger partial charge in [0.05, 0.1) is 16.8 Å². The van der Waals surface area contributed by atoms with Crippen molar-refractivity contribution in [1.82, 2.24) is 0 Å². The first-order valence-corrected chi connectivity index (χ1v) is 6.07. The molecule has 0 aliphatic heterocycles. The van der Waals surface area contributed by atoms with E-state index in [1.54, 1.807) is 11.3 Å². The Bertz CT molecular complexity index is 425. The summed E-state index contributed by atoms with van der Waals surface area (Å²) in [6.45, 7) is 2.13. The van der Waals surface area contributed by atoms with Crippen LogP contribution in [0.25, 0.3) is 0 Å². The van der Waals surface area contributed by atoms with Gasteiger partial charge >= 0.3 is 0 Å². The van der Waals surface area contributed by atoms with Gasteiger partial charge in [-0.25, -0.2) is 0 Å². The first-order chi connectivity index (χ1) is 7.27. The molecule has 1 aromatic carbocycles. The van der Waals surface area contributed by atoms with Crippen LogP contribution < -0.4 is 5.32 Å². The molecule has 0 spiro atoms. The van der Waals surface area contributed by atoms with Gasteiger partial charge in [-0.2, -0.15) is 0 Å². The number of benzene rings is 1. The van der Waals surface area contributed by atoms with E-state index >= 15 is 0 Å². The molecule has 0 fully saturated rings. The molecule has 15 heavy (non-hydrogen) atoms. The predicted octanol–water partition coefficient (Wildman–Crippen LogP) is 4.57. The lowest BCUT2D eigenvalue weighted by molar-refractivity contribution is 0.908. The molecule has 0 saturated carbocycles. The zero-order chi connectivity index (χ0) is 10.7. The Labute approximate surface area is 98.7 Å². The van der Waals surface area contributed by atoms with Gasteiger partial charge < -0.3 is 5.32 Å². The minimum atomic E-state index is 0.296. The summed E-state index contributed by atoms with van der Waals surface area (Å²) in [7, 11) is 0. The number of rotatable bonds is 3. The molecule has 0 unspecified atom stereocenters. The van der Waals surface area contributed by atoms with Gasteiger partial charge in [0.2, 0.25) is 0 Å². The van der Waals surface area contributed by atoms with Crippen LogP contribution in [0, 0.1) is 0 Å². The first-order valence-electron chi connectivity index (χ1n) is 4.82. The second-order valence-corrected chi connectivity index (χ2v) is 4.75. The number of thiophene rings is 1. The molecule has 0 amide bonds. The third kappa shape index (κ3) is 2.52. The molecule has 0 aliphatic rings. The largest absolute Gasteiger partial charge is 0.377 e. The molecule has 2 aromatic rings. The van der Waals surface area contributed by atoms with Crippen LogP contribution in [-0.4, -0.2) is 0 Å². The fourth-order valence-corrected chi connectivity index (χ4v) is 2.35. The van der Waals surface area contributed by atoms with E-state index in [1.807, 2.05) is 24.3 Å². The highest BCUT2D eigenvalue weighted by atomic mass is 35.5. The molecule has 1 atom stereocenters. The van der Waals surface area contributed by atoms with Crippen LogP contribution in [0.4, 0.5) is 5.69 Å². The molecule has 1 aromatic heterocycles. The molecule has 0 radical (unpaired) electrons. The molecule has 0 bridgehead atoms. The molecule has 1 nitrogen and oxygen atoms in total. The summed E-state index contributed by atoms with van der Waals surface area (Å²) in [6, 6.07) is 12.3. The van der Waals surface area contributed by atoms with E-state index in [0.29, 0.717) is 6.04 Å². The predicted molar refractivity (Wildman–Crippen MR) is 67.8 cm³/mol. The normalized spacial score (nSPS) is 12.4. The molecule has 3 heteroatoms. The average Bonchev–Trinajstić information content (AvgIpc) is 2.74. The Balaban J connectivity index is 2.13. The number of para-hydroxylation sites is 1. The standard InChI is InChI=1S/C12H12ClNS/c1-9(12-7-4-8-15-12)14-11-6-3-2-5-10(11)13/h2-9,14H,1H3/t9-/m0/s1. The summed E-state index contributed by atoms with van der Waals surface area (Å²) in [5.74, 6) is 0. The van der Waals surface area contributed by atoms with E-state index in [-0.39, 0.29) is 0 Å². The number of hydrogen-bond donors (Lipinski definition) is 1. The van der Waals surface area contributed by atoms with E-state index in [0.717, 1.165) is 10.7 Å². The van der Waals surface area contributed by atoms with Crippen molar-refractivity contribution in [1.29, 1.82) is 0 Å². The van der Waals surface area contributed by atoms with Gasteiger partial charge in [0.1, 0.15) is 0 Å². The van der Waals surface area contributed by atoms with E-state index < -0.39 is 0 Å². The van der Waals surface area contributed by atoms with Gasteiger partial charge in [0, 0.05) is 4.88 Å². The van der Waals surface area contributed by atoms with Crippen molar-refractivity contribution >= 4 is 28.6 Å². The van der Waals surface area contributed by atoms with Gasteiger partial charge in [-0.05, 0) is 30.5 Å². The van der Waals surface area contributed by atoms with Gasteiger partial charge in [0.25, 0.3) is 0 Å². The van der Waals surface area contributed by atoms with Crippen LogP contribution in [0.5, 0.6) is 0 Å². The fraction of sp³-hybridized carbons (Fsp3) is 0.167. The summed E-state index contributed by atoms with van der Waals surface area (Å²) in [6.07, 6.45) is 0. The molecule has 1 N–H and O–H groups in total. The number of halogens is 1. The number of nitrogens with one attached hydrogen (secondary N) is 1. The highest BCUT2D eigenvalue weighted by Crippen LogP contribution is 2.27. The quantitative estimate of drug-likeness (QED) is 0.824. The van der Waals surface area contributed by atoms with Crippen LogP contribution in [0.3, 0.4) is 0 Å². The van der Waals surface area contributed by atoms with Gasteiger partial charge in [-0.3, -0.25) is 0 Å². The third-order valence-electron chi connectivity index (χ3n) is 2.22. The summed E-state index contributed by atoms with van der Waals surface area (Å²) >= 11 is 7.82. The molecular weight excluding hydrogens is 226 g/mol. The molecular formula is C12H12ClNS. The summed E-state index contributed by atoms with van der Waals surface area (Å²) < 4.78 is 0. The molecule has 0 aliphatic carbocycles. The molecule has 78 valence electrons. The SMILES string of the molecule is C[C@H](Nc1ccccc1Cl)c1cccs1. The van der Waals surface area contributed by atoms with Crippen molar-refractivity contribution in [2.75, 3.05) is 5.32 Å². The smallest absolute Gasteiger partial charge is 0.0637 e. The molecule has 1 heterocycles. The van der Waals surface area contributed by atoms with Crippen LogP contribution in [0.2, 0.25) is 5.02 Å². The zero-order valence-electron chi connectivity index (χ0n) is 8.41. The Morgan fingerprint density at radius 3 is 2.67 bits per heavy atom. The van der Waals surface area contributed by atoms with E-state index in [2.05, 4.69) is 29.8 Å². The van der Waals surface area contributed by atoms with Crippen molar-refractivity contribution < 1.29 is 0 Å². The second-order valence-electron chi connectivity index (χ2n) is 3.36. The lowest BCUT2D eigenvalue weighted by Gasteiger charge is -2.14. The number of hydrogen-bond acceptors (Lipinski definition) is 2. The van der Waals surface area contributed by atoms with E-state index in [9.17, 15) is 0 Å². The lowest BCUT2D eigenvalue weighted by atomic mass is 10.2. The van der Waals surface area contributed by atoms with Gasteiger partial charge in [0.15, 0.2) is 0 Å². The summed E-state index contributed by atoms with van der Waals surface area (Å²) in [4.78, 5) is 1.31. The zero-order valence-corrected chi connectivity index (χ0v) is 9.98. The fourth-order valence-electron chi connectivity index (χ4n) is 1.42. The van der Waals surface area contributed by atoms with Crippen LogP contribution >= 0.6 is 22.9 Å². The van der Waals surface area contributed by atoms with Gasteiger partial charge in [-0.1, -0.05) is 29.8 Å². The molecule has 0 saturated heterocycles. The maximum atomic E-state index is 6.07. The van der Waals surface area contributed by atoms with Crippen molar-refractivity contribution in [2.45, 2.75) is 13.0 Å². The van der Waals surface area contributed by atoms with Crippen molar-refractivity contribution in [3.63, 3.8) is 0 Å². The maximum absolute atomic E-state index is 6.07. The number of anilines is 1. The lowest BCUT2D eigenvalue weighted by Crippen LogP contribution is -2.04. The summed E-state index contributed by atoms with van der Waals surface area (Å²) in [5, 5.41) is 6.24. The van der Waals surface area contributed by atoms with Crippen LogP contribution in [0.1, 0.15) is 17.8 Å².